The Kier molecular flexibility index (Phi) is 3.92. The molecule has 0 aliphatic carbocycles. The van der Waals surface area contributed by atoms with Crippen LogP contribution in [0.25, 0.3) is 0 Å². The number of ether oxygens (including phenoxy) is 2. The predicted octanol–water partition coefficient (Wildman–Crippen LogP) is 0.152. The second-order valence-electron chi connectivity index (χ2n) is 3.27. The minimum Gasteiger partial charge on any atom is -0.493 e. The lowest BCUT2D eigenvalue weighted by Crippen LogP contribution is -2.37. The average molecular weight is 238 g/mol. The maximum absolute atomic E-state index is 11.4. The van der Waals surface area contributed by atoms with Gasteiger partial charge in [0.05, 0.1) is 14.2 Å². The fraction of sp³-hybridized carbons (Fsp3) is 0.273. The van der Waals surface area contributed by atoms with Crippen LogP contribution in [0, 0.1) is 0 Å². The van der Waals surface area contributed by atoms with Crippen LogP contribution in [0.1, 0.15) is 0 Å². The molecule has 0 bridgehead atoms. The lowest BCUT2D eigenvalue weighted by Gasteiger charge is -2.17. The van der Waals surface area contributed by atoms with Gasteiger partial charge < -0.3 is 20.1 Å². The number of hydrogen-bond acceptors (Lipinski definition) is 4. The van der Waals surface area contributed by atoms with Gasteiger partial charge in [-0.15, -0.1) is 0 Å². The van der Waals surface area contributed by atoms with Crippen LogP contribution in [0.4, 0.5) is 5.69 Å². The maximum atomic E-state index is 11.4. The van der Waals surface area contributed by atoms with E-state index in [1.54, 1.807) is 18.2 Å². The number of primary amides is 1. The molecule has 1 rings (SSSR count). The first kappa shape index (κ1) is 12.8. The van der Waals surface area contributed by atoms with Crippen molar-refractivity contribution in [2.75, 3.05) is 26.2 Å². The summed E-state index contributed by atoms with van der Waals surface area (Å²) in [4.78, 5) is 23.3. The zero-order valence-electron chi connectivity index (χ0n) is 9.89. The Labute approximate surface area is 98.9 Å². The Bertz CT molecular complexity index is 445. The van der Waals surface area contributed by atoms with Crippen LogP contribution in [-0.4, -0.2) is 33.1 Å². The fourth-order valence-electron chi connectivity index (χ4n) is 1.32. The van der Waals surface area contributed by atoms with Crippen molar-refractivity contribution in [3.63, 3.8) is 0 Å². The second-order valence-corrected chi connectivity index (χ2v) is 3.27. The summed E-state index contributed by atoms with van der Waals surface area (Å²) in [6.45, 7) is 0. The summed E-state index contributed by atoms with van der Waals surface area (Å²) >= 11 is 0. The molecule has 0 spiro atoms. The number of hydrogen-bond donors (Lipinski definition) is 1. The van der Waals surface area contributed by atoms with E-state index in [-0.39, 0.29) is 0 Å². The molecule has 0 radical (unpaired) electrons. The molecule has 0 saturated carbocycles. The average Bonchev–Trinajstić information content (AvgIpc) is 2.35. The van der Waals surface area contributed by atoms with E-state index in [1.165, 1.54) is 21.3 Å². The van der Waals surface area contributed by atoms with Gasteiger partial charge in [-0.3, -0.25) is 9.59 Å². The van der Waals surface area contributed by atoms with Crippen LogP contribution in [0.5, 0.6) is 11.5 Å². The van der Waals surface area contributed by atoms with E-state index < -0.39 is 11.8 Å². The first-order valence-corrected chi connectivity index (χ1v) is 4.80. The number of methoxy groups -OCH3 is 2. The predicted molar refractivity (Wildman–Crippen MR) is 62.2 cm³/mol. The van der Waals surface area contributed by atoms with Gasteiger partial charge in [-0.1, -0.05) is 0 Å². The zero-order chi connectivity index (χ0) is 13.0. The first-order chi connectivity index (χ1) is 8.01. The number of amides is 2. The third-order valence-corrected chi connectivity index (χ3v) is 2.27. The lowest BCUT2D eigenvalue weighted by molar-refractivity contribution is -0.135. The van der Waals surface area contributed by atoms with E-state index in [9.17, 15) is 9.59 Å². The highest BCUT2D eigenvalue weighted by atomic mass is 16.5. The van der Waals surface area contributed by atoms with Crippen LogP contribution in [-0.2, 0) is 9.59 Å². The molecule has 2 amide bonds. The summed E-state index contributed by atoms with van der Waals surface area (Å²) in [6.07, 6.45) is 0. The minimum atomic E-state index is -1.01. The lowest BCUT2D eigenvalue weighted by atomic mass is 10.2. The number of carbonyl (C=O) groups excluding carboxylic acids is 2. The van der Waals surface area contributed by atoms with Crippen molar-refractivity contribution < 1.29 is 19.1 Å². The number of anilines is 1. The van der Waals surface area contributed by atoms with Crippen molar-refractivity contribution >= 4 is 17.5 Å². The molecule has 6 heteroatoms. The first-order valence-electron chi connectivity index (χ1n) is 4.80. The van der Waals surface area contributed by atoms with Crippen LogP contribution < -0.4 is 20.1 Å². The van der Waals surface area contributed by atoms with Gasteiger partial charge in [-0.25, -0.2) is 0 Å². The topological polar surface area (TPSA) is 81.9 Å². The van der Waals surface area contributed by atoms with Crippen LogP contribution in [0.3, 0.4) is 0 Å². The molecule has 0 unspecified atom stereocenters. The van der Waals surface area contributed by atoms with Crippen LogP contribution in [0.2, 0.25) is 0 Å². The number of likely N-dealkylation sites (N-methyl/N-ethyl adjacent to an activating group) is 1. The number of rotatable bonds is 3. The molecular weight excluding hydrogens is 224 g/mol. The SMILES string of the molecule is COc1ccc(N(C)C(=O)C(N)=O)cc1OC. The van der Waals surface area contributed by atoms with Crippen molar-refractivity contribution in [3.05, 3.63) is 18.2 Å². The van der Waals surface area contributed by atoms with Gasteiger partial charge in [0, 0.05) is 18.8 Å². The Hall–Kier alpha value is -2.24. The Morgan fingerprint density at radius 3 is 2.24 bits per heavy atom. The molecule has 0 atom stereocenters. The highest BCUT2D eigenvalue weighted by molar-refractivity contribution is 6.39. The summed E-state index contributed by atoms with van der Waals surface area (Å²) in [5.74, 6) is -0.801. The van der Waals surface area contributed by atoms with Gasteiger partial charge in [0.2, 0.25) is 0 Å². The molecule has 2 N–H and O–H groups in total. The quantitative estimate of drug-likeness (QED) is 0.760. The van der Waals surface area contributed by atoms with Crippen molar-refractivity contribution in [1.82, 2.24) is 0 Å². The van der Waals surface area contributed by atoms with Gasteiger partial charge in [-0.05, 0) is 12.1 Å². The smallest absolute Gasteiger partial charge is 0.315 e. The van der Waals surface area contributed by atoms with Gasteiger partial charge in [0.1, 0.15) is 0 Å². The third-order valence-electron chi connectivity index (χ3n) is 2.27. The summed E-state index contributed by atoms with van der Waals surface area (Å²) < 4.78 is 10.1. The van der Waals surface area contributed by atoms with Gasteiger partial charge in [-0.2, -0.15) is 0 Å². The highest BCUT2D eigenvalue weighted by Crippen LogP contribution is 2.30. The Balaban J connectivity index is 3.07. The van der Waals surface area contributed by atoms with E-state index in [2.05, 4.69) is 0 Å². The normalized spacial score (nSPS) is 9.59. The molecule has 92 valence electrons. The molecule has 0 fully saturated rings. The van der Waals surface area contributed by atoms with Crippen LogP contribution in [0.15, 0.2) is 18.2 Å². The summed E-state index contributed by atoms with van der Waals surface area (Å²) in [5.41, 5.74) is 5.41. The molecule has 0 aliphatic heterocycles. The highest BCUT2D eigenvalue weighted by Gasteiger charge is 2.17. The van der Waals surface area contributed by atoms with Gasteiger partial charge in [0.25, 0.3) is 0 Å². The molecule has 1 aromatic carbocycles. The molecule has 0 saturated heterocycles. The number of nitrogens with zero attached hydrogens (tertiary/aromatic N) is 1. The fourth-order valence-corrected chi connectivity index (χ4v) is 1.32. The molecule has 0 aromatic heterocycles. The van der Waals surface area contributed by atoms with Crippen LogP contribution >= 0.6 is 0 Å². The Morgan fingerprint density at radius 2 is 1.76 bits per heavy atom. The minimum absolute atomic E-state index is 0.467. The standard InChI is InChI=1S/C11H14N2O4/c1-13(11(15)10(12)14)7-4-5-8(16-2)9(6-7)17-3/h4-6H,1-3H3,(H2,12,14). The van der Waals surface area contributed by atoms with Gasteiger partial charge in [0.15, 0.2) is 11.5 Å². The van der Waals surface area contributed by atoms with E-state index >= 15 is 0 Å². The summed E-state index contributed by atoms with van der Waals surface area (Å²) in [7, 11) is 4.45. The Morgan fingerprint density at radius 1 is 1.18 bits per heavy atom. The maximum Gasteiger partial charge on any atom is 0.315 e. The molecule has 6 nitrogen and oxygen atoms in total. The van der Waals surface area contributed by atoms with E-state index in [0.717, 1.165) is 4.90 Å². The van der Waals surface area contributed by atoms with E-state index in [4.69, 9.17) is 15.2 Å². The second kappa shape index (κ2) is 5.20. The van der Waals surface area contributed by atoms with Crippen molar-refractivity contribution in [3.8, 4) is 11.5 Å². The molecule has 1 aromatic rings. The summed E-state index contributed by atoms with van der Waals surface area (Å²) in [6, 6.07) is 4.85. The molecule has 0 aliphatic rings. The van der Waals surface area contributed by atoms with Crippen molar-refractivity contribution in [2.45, 2.75) is 0 Å². The van der Waals surface area contributed by atoms with Crippen molar-refractivity contribution in [2.24, 2.45) is 5.73 Å². The van der Waals surface area contributed by atoms with Crippen molar-refractivity contribution in [1.29, 1.82) is 0 Å². The number of benzene rings is 1. The van der Waals surface area contributed by atoms with Gasteiger partial charge >= 0.3 is 11.8 Å². The zero-order valence-corrected chi connectivity index (χ0v) is 9.89. The monoisotopic (exact) mass is 238 g/mol. The number of nitrogens with two attached hydrogens (primary N) is 1. The molecule has 0 heterocycles. The molecule has 17 heavy (non-hydrogen) atoms. The van der Waals surface area contributed by atoms with E-state index in [0.29, 0.717) is 17.2 Å². The van der Waals surface area contributed by atoms with E-state index in [1.807, 2.05) is 0 Å². The molecular formula is C11H14N2O4. The largest absolute Gasteiger partial charge is 0.493 e. The number of carbonyl (C=O) groups is 2. The summed E-state index contributed by atoms with van der Waals surface area (Å²) in [5, 5.41) is 0. The third kappa shape index (κ3) is 2.66.